The Morgan fingerprint density at radius 1 is 1.17 bits per heavy atom. The number of halogens is 2. The minimum Gasteiger partial charge on any atom is -0.313 e. The fraction of sp³-hybridized carbons (Fsp3) is 0.200. The van der Waals surface area contributed by atoms with Crippen LogP contribution in [-0.4, -0.2) is 7.05 Å². The molecule has 1 N–H and O–H groups in total. The number of hydrogen-bond donors (Lipinski definition) is 1. The van der Waals surface area contributed by atoms with Crippen molar-refractivity contribution in [1.29, 1.82) is 0 Å². The van der Waals surface area contributed by atoms with E-state index in [1.807, 2.05) is 32.2 Å². The SMILES string of the molecule is CNC(C)c1ccc(F)c(-c2cccc(Cl)c2)c1. The van der Waals surface area contributed by atoms with Crippen LogP contribution in [0.5, 0.6) is 0 Å². The minimum absolute atomic E-state index is 0.184. The lowest BCUT2D eigenvalue weighted by molar-refractivity contribution is 0.622. The molecule has 0 aliphatic rings. The smallest absolute Gasteiger partial charge is 0.131 e. The van der Waals surface area contributed by atoms with Crippen molar-refractivity contribution in [2.75, 3.05) is 7.05 Å². The summed E-state index contributed by atoms with van der Waals surface area (Å²) in [6.07, 6.45) is 0. The van der Waals surface area contributed by atoms with Gasteiger partial charge in [0.05, 0.1) is 0 Å². The van der Waals surface area contributed by atoms with E-state index in [1.54, 1.807) is 18.2 Å². The largest absolute Gasteiger partial charge is 0.313 e. The normalized spacial score (nSPS) is 12.4. The molecule has 2 rings (SSSR count). The molecular formula is C15H15ClFN. The second-order valence-electron chi connectivity index (χ2n) is 4.26. The maximum atomic E-state index is 13.9. The lowest BCUT2D eigenvalue weighted by atomic mass is 9.99. The van der Waals surface area contributed by atoms with Crippen molar-refractivity contribution >= 4 is 11.6 Å². The summed E-state index contributed by atoms with van der Waals surface area (Å²) in [5, 5.41) is 3.75. The Morgan fingerprint density at radius 3 is 2.61 bits per heavy atom. The van der Waals surface area contributed by atoms with E-state index in [2.05, 4.69) is 5.32 Å². The molecule has 18 heavy (non-hydrogen) atoms. The molecule has 94 valence electrons. The van der Waals surface area contributed by atoms with Crippen LogP contribution in [0.1, 0.15) is 18.5 Å². The summed E-state index contributed by atoms with van der Waals surface area (Å²) in [6, 6.07) is 12.6. The summed E-state index contributed by atoms with van der Waals surface area (Å²) in [4.78, 5) is 0. The van der Waals surface area contributed by atoms with Gasteiger partial charge in [-0.15, -0.1) is 0 Å². The van der Waals surface area contributed by atoms with E-state index in [-0.39, 0.29) is 11.9 Å². The molecule has 2 aromatic rings. The zero-order valence-electron chi connectivity index (χ0n) is 10.4. The number of nitrogens with one attached hydrogen (secondary N) is 1. The van der Waals surface area contributed by atoms with Crippen LogP contribution in [0.2, 0.25) is 5.02 Å². The molecule has 1 atom stereocenters. The molecule has 0 saturated carbocycles. The van der Waals surface area contributed by atoms with Crippen molar-refractivity contribution in [3.63, 3.8) is 0 Å². The molecule has 0 aliphatic carbocycles. The monoisotopic (exact) mass is 263 g/mol. The van der Waals surface area contributed by atoms with Crippen LogP contribution in [-0.2, 0) is 0 Å². The van der Waals surface area contributed by atoms with Gasteiger partial charge in [0.15, 0.2) is 0 Å². The maximum Gasteiger partial charge on any atom is 0.131 e. The van der Waals surface area contributed by atoms with Crippen LogP contribution in [0.4, 0.5) is 4.39 Å². The van der Waals surface area contributed by atoms with E-state index in [4.69, 9.17) is 11.6 Å². The summed E-state index contributed by atoms with van der Waals surface area (Å²) in [5.41, 5.74) is 2.43. The Bertz CT molecular complexity index is 554. The summed E-state index contributed by atoms with van der Waals surface area (Å²) in [7, 11) is 1.88. The fourth-order valence-electron chi connectivity index (χ4n) is 1.86. The van der Waals surface area contributed by atoms with Gasteiger partial charge in [0.2, 0.25) is 0 Å². The highest BCUT2D eigenvalue weighted by atomic mass is 35.5. The summed E-state index contributed by atoms with van der Waals surface area (Å²) in [6.45, 7) is 2.04. The first kappa shape index (κ1) is 13.1. The number of benzene rings is 2. The lowest BCUT2D eigenvalue weighted by Gasteiger charge is -2.13. The third kappa shape index (κ3) is 2.71. The topological polar surface area (TPSA) is 12.0 Å². The molecule has 1 nitrogen and oxygen atoms in total. The molecule has 1 unspecified atom stereocenters. The average molecular weight is 264 g/mol. The van der Waals surface area contributed by atoms with Gasteiger partial charge in [-0.3, -0.25) is 0 Å². The predicted octanol–water partition coefficient (Wildman–Crippen LogP) is 4.43. The van der Waals surface area contributed by atoms with Crippen molar-refractivity contribution in [1.82, 2.24) is 5.32 Å². The Kier molecular flexibility index (Phi) is 4.00. The van der Waals surface area contributed by atoms with Crippen molar-refractivity contribution in [2.24, 2.45) is 0 Å². The van der Waals surface area contributed by atoms with Crippen LogP contribution < -0.4 is 5.32 Å². The molecule has 2 aromatic carbocycles. The van der Waals surface area contributed by atoms with Gasteiger partial charge in [-0.1, -0.05) is 29.8 Å². The molecule has 0 radical (unpaired) electrons. The lowest BCUT2D eigenvalue weighted by Crippen LogP contribution is -2.12. The van der Waals surface area contributed by atoms with Gasteiger partial charge in [0.1, 0.15) is 5.82 Å². The van der Waals surface area contributed by atoms with Crippen molar-refractivity contribution < 1.29 is 4.39 Å². The first-order chi connectivity index (χ1) is 8.61. The van der Waals surface area contributed by atoms with Crippen LogP contribution >= 0.6 is 11.6 Å². The van der Waals surface area contributed by atoms with Crippen LogP contribution in [0.15, 0.2) is 42.5 Å². The highest BCUT2D eigenvalue weighted by Crippen LogP contribution is 2.28. The van der Waals surface area contributed by atoms with Gasteiger partial charge in [0, 0.05) is 16.6 Å². The molecular weight excluding hydrogens is 249 g/mol. The van der Waals surface area contributed by atoms with Gasteiger partial charge < -0.3 is 5.32 Å². The highest BCUT2D eigenvalue weighted by molar-refractivity contribution is 6.30. The van der Waals surface area contributed by atoms with Crippen molar-refractivity contribution in [3.8, 4) is 11.1 Å². The Labute approximate surface area is 112 Å². The van der Waals surface area contributed by atoms with Crippen LogP contribution in [0.25, 0.3) is 11.1 Å². The van der Waals surface area contributed by atoms with Gasteiger partial charge in [0.25, 0.3) is 0 Å². The van der Waals surface area contributed by atoms with Crippen molar-refractivity contribution in [3.05, 3.63) is 58.9 Å². The molecule has 0 fully saturated rings. The van der Waals surface area contributed by atoms with Gasteiger partial charge in [-0.05, 0) is 49.4 Å². The zero-order chi connectivity index (χ0) is 13.1. The highest BCUT2D eigenvalue weighted by Gasteiger charge is 2.09. The fourth-order valence-corrected chi connectivity index (χ4v) is 2.05. The molecule has 0 saturated heterocycles. The quantitative estimate of drug-likeness (QED) is 0.864. The zero-order valence-corrected chi connectivity index (χ0v) is 11.1. The van der Waals surface area contributed by atoms with E-state index < -0.39 is 0 Å². The molecule has 0 heterocycles. The maximum absolute atomic E-state index is 13.9. The first-order valence-corrected chi connectivity index (χ1v) is 6.22. The Balaban J connectivity index is 2.49. The minimum atomic E-state index is -0.232. The molecule has 0 bridgehead atoms. The predicted molar refractivity (Wildman–Crippen MR) is 74.3 cm³/mol. The molecule has 0 aliphatic heterocycles. The Morgan fingerprint density at radius 2 is 1.94 bits per heavy atom. The Hall–Kier alpha value is -1.38. The van der Waals surface area contributed by atoms with E-state index in [9.17, 15) is 4.39 Å². The first-order valence-electron chi connectivity index (χ1n) is 5.84. The molecule has 0 spiro atoms. The van der Waals surface area contributed by atoms with E-state index in [1.165, 1.54) is 6.07 Å². The summed E-state index contributed by atoms with van der Waals surface area (Å²) >= 11 is 5.94. The van der Waals surface area contributed by atoms with E-state index in [0.29, 0.717) is 10.6 Å². The van der Waals surface area contributed by atoms with E-state index in [0.717, 1.165) is 11.1 Å². The van der Waals surface area contributed by atoms with Crippen molar-refractivity contribution in [2.45, 2.75) is 13.0 Å². The molecule has 3 heteroatoms. The standard InChI is InChI=1S/C15H15ClFN/c1-10(18-2)11-6-7-15(17)14(9-11)12-4-3-5-13(16)8-12/h3-10,18H,1-2H3. The van der Waals surface area contributed by atoms with Crippen LogP contribution in [0.3, 0.4) is 0 Å². The molecule has 0 aromatic heterocycles. The molecule has 0 amide bonds. The van der Waals surface area contributed by atoms with Gasteiger partial charge in [-0.2, -0.15) is 0 Å². The number of hydrogen-bond acceptors (Lipinski definition) is 1. The van der Waals surface area contributed by atoms with Gasteiger partial charge in [-0.25, -0.2) is 4.39 Å². The second kappa shape index (κ2) is 5.51. The van der Waals surface area contributed by atoms with Crippen LogP contribution in [0, 0.1) is 5.82 Å². The third-order valence-electron chi connectivity index (χ3n) is 3.06. The van der Waals surface area contributed by atoms with Gasteiger partial charge >= 0.3 is 0 Å². The second-order valence-corrected chi connectivity index (χ2v) is 4.70. The summed E-state index contributed by atoms with van der Waals surface area (Å²) in [5.74, 6) is -0.232. The third-order valence-corrected chi connectivity index (χ3v) is 3.29. The summed E-state index contributed by atoms with van der Waals surface area (Å²) < 4.78 is 13.9. The van der Waals surface area contributed by atoms with E-state index >= 15 is 0 Å². The number of rotatable bonds is 3. The average Bonchev–Trinajstić information content (AvgIpc) is 2.38.